The maximum Gasteiger partial charge on any atom is 0.197 e. The predicted molar refractivity (Wildman–Crippen MR) is 71.5 cm³/mol. The number of hydrogen-bond acceptors (Lipinski definition) is 1. The van der Waals surface area contributed by atoms with Gasteiger partial charge in [-0.3, -0.25) is 4.79 Å². The van der Waals surface area contributed by atoms with E-state index in [1.54, 1.807) is 0 Å². The summed E-state index contributed by atoms with van der Waals surface area (Å²) in [5.74, 6) is -0.209. The fourth-order valence-electron chi connectivity index (χ4n) is 2.59. The van der Waals surface area contributed by atoms with Gasteiger partial charge in [0.25, 0.3) is 0 Å². The van der Waals surface area contributed by atoms with Crippen molar-refractivity contribution in [2.75, 3.05) is 0 Å². The molecule has 0 spiro atoms. The third-order valence-corrected chi connectivity index (χ3v) is 3.62. The molecule has 1 nitrogen and oxygen atoms in total. The molecule has 0 unspecified atom stereocenters. The van der Waals surface area contributed by atoms with Crippen molar-refractivity contribution in [3.05, 3.63) is 70.8 Å². The second kappa shape index (κ2) is 4.04. The number of carbonyl (C=O) groups is 1. The van der Waals surface area contributed by atoms with E-state index in [9.17, 15) is 4.79 Å². The molecule has 0 N–H and O–H groups in total. The van der Waals surface area contributed by atoms with Crippen molar-refractivity contribution < 1.29 is 4.79 Å². The van der Waals surface area contributed by atoms with Crippen LogP contribution in [0.15, 0.2) is 48.5 Å². The van der Waals surface area contributed by atoms with E-state index in [1.165, 1.54) is 11.1 Å². The van der Waals surface area contributed by atoms with Gasteiger partial charge in [0.15, 0.2) is 5.12 Å². The molecule has 84 valence electrons. The molecular formula is C15H12OS. The highest BCUT2D eigenvalue weighted by Gasteiger charge is 2.28. The van der Waals surface area contributed by atoms with Crippen LogP contribution in [0.5, 0.6) is 0 Å². The minimum Gasteiger partial charge on any atom is -0.286 e. The minimum absolute atomic E-state index is 0.0791. The van der Waals surface area contributed by atoms with Crippen LogP contribution in [0.2, 0.25) is 0 Å². The molecule has 0 saturated carbocycles. The summed E-state index contributed by atoms with van der Waals surface area (Å²) in [7, 11) is 0. The first-order chi connectivity index (χ1) is 8.27. The van der Waals surface area contributed by atoms with Gasteiger partial charge in [0, 0.05) is 0 Å². The molecule has 0 atom stereocenters. The van der Waals surface area contributed by atoms with Crippen molar-refractivity contribution >= 4 is 17.7 Å². The summed E-state index contributed by atoms with van der Waals surface area (Å²) in [4.78, 5) is 11.8. The first-order valence-electron chi connectivity index (χ1n) is 5.66. The van der Waals surface area contributed by atoms with Gasteiger partial charge in [0.1, 0.15) is 0 Å². The third kappa shape index (κ3) is 1.69. The van der Waals surface area contributed by atoms with Crippen molar-refractivity contribution in [1.29, 1.82) is 0 Å². The molecular weight excluding hydrogens is 228 g/mol. The fourth-order valence-corrected chi connectivity index (χ4v) is 2.87. The molecule has 0 bridgehead atoms. The van der Waals surface area contributed by atoms with E-state index >= 15 is 0 Å². The van der Waals surface area contributed by atoms with Gasteiger partial charge in [-0.25, -0.2) is 0 Å². The van der Waals surface area contributed by atoms with E-state index in [-0.39, 0.29) is 11.0 Å². The zero-order chi connectivity index (χ0) is 11.8. The topological polar surface area (TPSA) is 17.1 Å². The van der Waals surface area contributed by atoms with E-state index in [4.69, 9.17) is 0 Å². The Balaban J connectivity index is 2.24. The van der Waals surface area contributed by atoms with Crippen LogP contribution in [0.1, 0.15) is 28.2 Å². The largest absolute Gasteiger partial charge is 0.286 e. The maximum atomic E-state index is 11.8. The van der Waals surface area contributed by atoms with Crippen LogP contribution in [-0.4, -0.2) is 5.12 Å². The lowest BCUT2D eigenvalue weighted by Crippen LogP contribution is -2.18. The molecule has 2 heteroatoms. The van der Waals surface area contributed by atoms with E-state index in [0.717, 1.165) is 17.5 Å². The van der Waals surface area contributed by atoms with Crippen molar-refractivity contribution in [3.63, 3.8) is 0 Å². The van der Waals surface area contributed by atoms with Crippen molar-refractivity contribution in [1.82, 2.24) is 0 Å². The van der Waals surface area contributed by atoms with Gasteiger partial charge in [-0.2, -0.15) is 0 Å². The smallest absolute Gasteiger partial charge is 0.197 e. The summed E-state index contributed by atoms with van der Waals surface area (Å²) in [6, 6.07) is 16.3. The summed E-state index contributed by atoms with van der Waals surface area (Å²) in [6.45, 7) is 0. The van der Waals surface area contributed by atoms with Crippen LogP contribution in [0.3, 0.4) is 0 Å². The first kappa shape index (κ1) is 10.6. The summed E-state index contributed by atoms with van der Waals surface area (Å²) in [6.07, 6.45) is 0.907. The molecule has 1 aliphatic rings. The second-order valence-electron chi connectivity index (χ2n) is 4.35. The number of rotatable bonds is 1. The lowest BCUT2D eigenvalue weighted by molar-refractivity contribution is -0.111. The summed E-state index contributed by atoms with van der Waals surface area (Å²) in [5, 5.41) is -0.0791. The molecule has 0 saturated heterocycles. The molecule has 0 heterocycles. The van der Waals surface area contributed by atoms with Crippen LogP contribution >= 0.6 is 12.6 Å². The normalized spacial score (nSPS) is 13.9. The predicted octanol–water partition coefficient (Wildman–Crippen LogP) is 3.18. The van der Waals surface area contributed by atoms with Gasteiger partial charge >= 0.3 is 0 Å². The Morgan fingerprint density at radius 3 is 1.88 bits per heavy atom. The third-order valence-electron chi connectivity index (χ3n) is 3.36. The van der Waals surface area contributed by atoms with Gasteiger partial charge in [0.2, 0.25) is 0 Å². The Labute approximate surface area is 106 Å². The van der Waals surface area contributed by atoms with Crippen molar-refractivity contribution in [2.45, 2.75) is 12.3 Å². The van der Waals surface area contributed by atoms with Crippen molar-refractivity contribution in [2.24, 2.45) is 0 Å². The second-order valence-corrected chi connectivity index (χ2v) is 4.79. The number of benzene rings is 2. The highest BCUT2D eigenvalue weighted by molar-refractivity contribution is 7.96. The number of carbonyl (C=O) groups excluding carboxylic acids is 1. The molecule has 17 heavy (non-hydrogen) atoms. The Morgan fingerprint density at radius 2 is 1.41 bits per heavy atom. The number of hydrogen-bond donors (Lipinski definition) is 1. The summed E-state index contributed by atoms with van der Waals surface area (Å²) in [5.41, 5.74) is 4.68. The Morgan fingerprint density at radius 1 is 0.941 bits per heavy atom. The minimum atomic E-state index is -0.209. The van der Waals surface area contributed by atoms with Gasteiger partial charge < -0.3 is 0 Å². The molecule has 0 fully saturated rings. The Bertz CT molecular complexity index is 543. The zero-order valence-corrected chi connectivity index (χ0v) is 10.2. The standard InChI is InChI=1S/C15H12OS/c16-15(17)14-12-7-3-1-5-10(12)9-11-6-2-4-8-13(11)14/h1-8,14H,9H2,(H,16,17). The molecule has 0 aliphatic heterocycles. The molecule has 0 amide bonds. The van der Waals surface area contributed by atoms with Crippen LogP contribution in [0, 0.1) is 0 Å². The van der Waals surface area contributed by atoms with Crippen LogP contribution in [-0.2, 0) is 11.2 Å². The molecule has 2 aromatic carbocycles. The zero-order valence-electron chi connectivity index (χ0n) is 9.26. The number of fused-ring (bicyclic) bond motifs is 2. The highest BCUT2D eigenvalue weighted by Crippen LogP contribution is 2.37. The van der Waals surface area contributed by atoms with Gasteiger partial charge in [-0.1, -0.05) is 48.5 Å². The molecule has 0 aromatic heterocycles. The Hall–Kier alpha value is -1.54. The molecule has 0 radical (unpaired) electrons. The first-order valence-corrected chi connectivity index (χ1v) is 6.10. The monoisotopic (exact) mass is 240 g/mol. The van der Waals surface area contributed by atoms with E-state index in [0.29, 0.717) is 0 Å². The maximum absolute atomic E-state index is 11.8. The molecule has 1 aliphatic carbocycles. The molecule has 2 aromatic rings. The van der Waals surface area contributed by atoms with Crippen LogP contribution < -0.4 is 0 Å². The van der Waals surface area contributed by atoms with E-state index < -0.39 is 0 Å². The fraction of sp³-hybridized carbons (Fsp3) is 0.133. The lowest BCUT2D eigenvalue weighted by atomic mass is 9.79. The van der Waals surface area contributed by atoms with Gasteiger partial charge in [-0.05, 0) is 28.7 Å². The quantitative estimate of drug-likeness (QED) is 0.758. The summed E-state index contributed by atoms with van der Waals surface area (Å²) < 4.78 is 0. The van der Waals surface area contributed by atoms with E-state index in [2.05, 4.69) is 24.8 Å². The highest BCUT2D eigenvalue weighted by atomic mass is 32.1. The van der Waals surface area contributed by atoms with E-state index in [1.807, 2.05) is 36.4 Å². The lowest BCUT2D eigenvalue weighted by Gasteiger charge is -2.26. The SMILES string of the molecule is O=C(S)C1c2ccccc2Cc2ccccc21. The average molecular weight is 240 g/mol. The van der Waals surface area contributed by atoms with Gasteiger partial charge in [-0.15, -0.1) is 12.6 Å². The van der Waals surface area contributed by atoms with Crippen LogP contribution in [0.4, 0.5) is 0 Å². The molecule has 3 rings (SSSR count). The number of thiol groups is 1. The Kier molecular flexibility index (Phi) is 2.52. The van der Waals surface area contributed by atoms with Gasteiger partial charge in [0.05, 0.1) is 5.92 Å². The van der Waals surface area contributed by atoms with Crippen molar-refractivity contribution in [3.8, 4) is 0 Å². The average Bonchev–Trinajstić information content (AvgIpc) is 2.35. The van der Waals surface area contributed by atoms with Crippen LogP contribution in [0.25, 0.3) is 0 Å². The summed E-state index contributed by atoms with van der Waals surface area (Å²) >= 11 is 4.05.